The fourth-order valence-corrected chi connectivity index (χ4v) is 1.41. The van der Waals surface area contributed by atoms with E-state index in [1.807, 2.05) is 0 Å². The monoisotopic (exact) mass is 221 g/mol. The number of alkyl halides is 2. The molecular formula is C9H13F2NOS. The van der Waals surface area contributed by atoms with Crippen LogP contribution in [0.5, 0.6) is 0 Å². The fraction of sp³-hybridized carbons (Fsp3) is 0.556. The summed E-state index contributed by atoms with van der Waals surface area (Å²) in [6.07, 6.45) is 0. The van der Waals surface area contributed by atoms with Crippen molar-refractivity contribution in [1.82, 2.24) is 0 Å². The summed E-state index contributed by atoms with van der Waals surface area (Å²) in [5.41, 5.74) is 0.303. The highest BCUT2D eigenvalue weighted by Gasteiger charge is 2.30. The molecule has 0 bridgehead atoms. The van der Waals surface area contributed by atoms with E-state index in [-0.39, 0.29) is 16.6 Å². The second-order valence-electron chi connectivity index (χ2n) is 3.03. The molecule has 0 fully saturated rings. The average molecular weight is 221 g/mol. The minimum atomic E-state index is -3.01. The summed E-state index contributed by atoms with van der Waals surface area (Å²) >= 11 is 0.755. The quantitative estimate of drug-likeness (QED) is 0.539. The molecule has 0 spiro atoms. The van der Waals surface area contributed by atoms with E-state index in [0.717, 1.165) is 18.7 Å². The molecule has 0 unspecified atom stereocenters. The first-order valence-corrected chi connectivity index (χ1v) is 4.96. The third-order valence-electron chi connectivity index (χ3n) is 1.08. The summed E-state index contributed by atoms with van der Waals surface area (Å²) in [7, 11) is 0. The van der Waals surface area contributed by atoms with Crippen LogP contribution < -0.4 is 0 Å². The van der Waals surface area contributed by atoms with Crippen LogP contribution in [0, 0.1) is 0 Å². The van der Waals surface area contributed by atoms with E-state index in [0.29, 0.717) is 5.70 Å². The lowest BCUT2D eigenvalue weighted by Gasteiger charge is -2.12. The fourth-order valence-electron chi connectivity index (χ4n) is 0.600. The van der Waals surface area contributed by atoms with Crippen LogP contribution in [0.4, 0.5) is 8.78 Å². The molecule has 0 aromatic carbocycles. The molecule has 0 amide bonds. The molecular weight excluding hydrogens is 208 g/mol. The maximum atomic E-state index is 12.9. The zero-order chi connectivity index (χ0) is 11.4. The molecule has 2 nitrogen and oxygen atoms in total. The molecule has 80 valence electrons. The first-order valence-electron chi connectivity index (χ1n) is 3.98. The number of rotatable bonds is 4. The van der Waals surface area contributed by atoms with Crippen LogP contribution in [0.15, 0.2) is 17.3 Å². The van der Waals surface area contributed by atoms with Crippen LogP contribution in [0.3, 0.4) is 0 Å². The molecule has 0 aromatic rings. The summed E-state index contributed by atoms with van der Waals surface area (Å²) in [6, 6.07) is 0. The van der Waals surface area contributed by atoms with Gasteiger partial charge in [0.2, 0.25) is 0 Å². The van der Waals surface area contributed by atoms with Gasteiger partial charge in [-0.15, -0.1) is 0 Å². The SMILES string of the molecule is C=C(C)N=C(SCC(C)=O)C(C)(F)F. The Morgan fingerprint density at radius 1 is 1.50 bits per heavy atom. The molecule has 0 aliphatic heterocycles. The largest absolute Gasteiger partial charge is 0.299 e. The Labute approximate surface area is 86.5 Å². The number of halogens is 2. The van der Waals surface area contributed by atoms with Crippen molar-refractivity contribution in [2.24, 2.45) is 4.99 Å². The molecule has 0 saturated carbocycles. The van der Waals surface area contributed by atoms with Crippen molar-refractivity contribution in [3.05, 3.63) is 12.3 Å². The van der Waals surface area contributed by atoms with E-state index in [9.17, 15) is 13.6 Å². The second-order valence-corrected chi connectivity index (χ2v) is 4.00. The van der Waals surface area contributed by atoms with Crippen LogP contribution in [-0.4, -0.2) is 22.5 Å². The van der Waals surface area contributed by atoms with Crippen molar-refractivity contribution in [3.63, 3.8) is 0 Å². The van der Waals surface area contributed by atoms with Crippen molar-refractivity contribution in [3.8, 4) is 0 Å². The van der Waals surface area contributed by atoms with Gasteiger partial charge < -0.3 is 0 Å². The lowest BCUT2D eigenvalue weighted by Crippen LogP contribution is -2.22. The third-order valence-corrected chi connectivity index (χ3v) is 2.35. The van der Waals surface area contributed by atoms with Gasteiger partial charge in [0.1, 0.15) is 10.8 Å². The van der Waals surface area contributed by atoms with Gasteiger partial charge in [0.15, 0.2) is 0 Å². The lowest BCUT2D eigenvalue weighted by atomic mass is 10.4. The second kappa shape index (κ2) is 5.24. The van der Waals surface area contributed by atoms with Crippen molar-refractivity contribution in [2.45, 2.75) is 26.7 Å². The highest BCUT2D eigenvalue weighted by molar-refractivity contribution is 8.14. The van der Waals surface area contributed by atoms with Gasteiger partial charge in [-0.05, 0) is 13.8 Å². The van der Waals surface area contributed by atoms with Crippen LogP contribution in [0.1, 0.15) is 20.8 Å². The molecule has 0 aliphatic rings. The molecule has 0 heterocycles. The van der Waals surface area contributed by atoms with Gasteiger partial charge in [-0.25, -0.2) is 4.99 Å². The van der Waals surface area contributed by atoms with Crippen molar-refractivity contribution >= 4 is 22.6 Å². The lowest BCUT2D eigenvalue weighted by molar-refractivity contribution is -0.114. The van der Waals surface area contributed by atoms with Gasteiger partial charge in [0.25, 0.3) is 5.92 Å². The van der Waals surface area contributed by atoms with E-state index in [4.69, 9.17) is 0 Å². The predicted octanol–water partition coefficient (Wildman–Crippen LogP) is 2.90. The predicted molar refractivity (Wildman–Crippen MR) is 56.0 cm³/mol. The molecule has 14 heavy (non-hydrogen) atoms. The van der Waals surface area contributed by atoms with Crippen LogP contribution >= 0.6 is 11.8 Å². The summed E-state index contributed by atoms with van der Waals surface area (Å²) < 4.78 is 25.8. The normalized spacial score (nSPS) is 12.8. The number of nitrogens with zero attached hydrogens (tertiary/aromatic N) is 1. The molecule has 0 saturated heterocycles. The number of allylic oxidation sites excluding steroid dienone is 1. The maximum Gasteiger partial charge on any atom is 0.292 e. The molecule has 5 heteroatoms. The Bertz CT molecular complexity index is 268. The van der Waals surface area contributed by atoms with Crippen molar-refractivity contribution in [2.75, 3.05) is 5.75 Å². The summed E-state index contributed by atoms with van der Waals surface area (Å²) in [6.45, 7) is 7.04. The molecule has 0 rings (SSSR count). The molecule has 0 aliphatic carbocycles. The highest BCUT2D eigenvalue weighted by Crippen LogP contribution is 2.24. The minimum Gasteiger partial charge on any atom is -0.299 e. The van der Waals surface area contributed by atoms with Gasteiger partial charge in [-0.2, -0.15) is 8.78 Å². The minimum absolute atomic E-state index is 0.00947. The highest BCUT2D eigenvalue weighted by atomic mass is 32.2. The number of ketones is 1. The van der Waals surface area contributed by atoms with Gasteiger partial charge in [-0.3, -0.25) is 4.79 Å². The van der Waals surface area contributed by atoms with E-state index in [2.05, 4.69) is 11.6 Å². The first kappa shape index (κ1) is 13.3. The van der Waals surface area contributed by atoms with Crippen LogP contribution in [0.25, 0.3) is 0 Å². The number of thioether (sulfide) groups is 1. The van der Waals surface area contributed by atoms with Crippen molar-refractivity contribution in [1.29, 1.82) is 0 Å². The number of hydrogen-bond donors (Lipinski definition) is 0. The van der Waals surface area contributed by atoms with Gasteiger partial charge in [-0.1, -0.05) is 18.3 Å². The average Bonchev–Trinajstić information content (AvgIpc) is 1.94. The van der Waals surface area contributed by atoms with E-state index in [1.54, 1.807) is 0 Å². The Hall–Kier alpha value is -0.710. The smallest absolute Gasteiger partial charge is 0.292 e. The third kappa shape index (κ3) is 5.85. The zero-order valence-corrected chi connectivity index (χ0v) is 9.25. The standard InChI is InChI=1S/C9H13F2NOS/c1-6(2)12-8(9(4,10)11)14-5-7(3)13/h1,5H2,2-4H3. The van der Waals surface area contributed by atoms with E-state index in [1.165, 1.54) is 13.8 Å². The van der Waals surface area contributed by atoms with Gasteiger partial charge in [0, 0.05) is 12.6 Å². The molecule has 0 atom stereocenters. The first-order chi connectivity index (χ1) is 6.23. The Morgan fingerprint density at radius 3 is 2.29 bits per heavy atom. The number of hydrogen-bond acceptors (Lipinski definition) is 3. The molecule has 0 aromatic heterocycles. The Balaban J connectivity index is 4.59. The Morgan fingerprint density at radius 2 is 2.00 bits per heavy atom. The van der Waals surface area contributed by atoms with E-state index < -0.39 is 5.92 Å². The van der Waals surface area contributed by atoms with Crippen LogP contribution in [0.2, 0.25) is 0 Å². The number of carbonyl (C=O) groups is 1. The topological polar surface area (TPSA) is 29.4 Å². The maximum absolute atomic E-state index is 12.9. The summed E-state index contributed by atoms with van der Waals surface area (Å²) in [5, 5.41) is -0.361. The van der Waals surface area contributed by atoms with Crippen molar-refractivity contribution < 1.29 is 13.6 Å². The zero-order valence-electron chi connectivity index (χ0n) is 8.43. The molecule has 0 radical (unpaired) electrons. The molecule has 0 N–H and O–H groups in total. The Kier molecular flexibility index (Phi) is 4.97. The summed E-state index contributed by atoms with van der Waals surface area (Å²) in [5.74, 6) is -3.16. The number of Topliss-reactive ketones (excluding diaryl/α,β-unsaturated/α-hetero) is 1. The summed E-state index contributed by atoms with van der Waals surface area (Å²) in [4.78, 5) is 14.2. The number of aliphatic imine (C=N–C) groups is 1. The number of carbonyl (C=O) groups excluding carboxylic acids is 1. The van der Waals surface area contributed by atoms with Gasteiger partial charge >= 0.3 is 0 Å². The van der Waals surface area contributed by atoms with Crippen LogP contribution in [-0.2, 0) is 4.79 Å². The van der Waals surface area contributed by atoms with E-state index >= 15 is 0 Å². The van der Waals surface area contributed by atoms with Gasteiger partial charge in [0.05, 0.1) is 5.75 Å².